The molecule has 6 heteroatoms. The lowest BCUT2D eigenvalue weighted by Crippen LogP contribution is -2.28. The number of aromatic nitrogens is 2. The van der Waals surface area contributed by atoms with E-state index in [1.165, 1.54) is 0 Å². The number of imidazole rings is 1. The van der Waals surface area contributed by atoms with Gasteiger partial charge in [0.1, 0.15) is 0 Å². The normalized spacial score (nSPS) is 14.8. The highest BCUT2D eigenvalue weighted by Crippen LogP contribution is 2.28. The molecule has 1 saturated carbocycles. The van der Waals surface area contributed by atoms with E-state index < -0.39 is 0 Å². The lowest BCUT2D eigenvalue weighted by Gasteiger charge is -2.08. The molecular formula is C13H15ClN4O. The molecule has 0 radical (unpaired) electrons. The van der Waals surface area contributed by atoms with Crippen molar-refractivity contribution in [2.24, 2.45) is 5.92 Å². The largest absolute Gasteiger partial charge is 0.369 e. The van der Waals surface area contributed by atoms with E-state index in [-0.39, 0.29) is 11.8 Å². The molecule has 1 heterocycles. The minimum Gasteiger partial charge on any atom is -0.369 e. The van der Waals surface area contributed by atoms with Crippen molar-refractivity contribution in [1.82, 2.24) is 14.9 Å². The number of amides is 1. The molecule has 1 aromatic heterocycles. The fourth-order valence-electron chi connectivity index (χ4n) is 2.13. The summed E-state index contributed by atoms with van der Waals surface area (Å²) in [4.78, 5) is 15.8. The van der Waals surface area contributed by atoms with Crippen molar-refractivity contribution in [2.75, 3.05) is 12.3 Å². The van der Waals surface area contributed by atoms with E-state index in [0.29, 0.717) is 24.1 Å². The molecule has 0 atom stereocenters. The third kappa shape index (κ3) is 2.51. The Morgan fingerprint density at radius 1 is 1.53 bits per heavy atom. The third-order valence-corrected chi connectivity index (χ3v) is 3.56. The molecule has 1 amide bonds. The molecule has 0 saturated heterocycles. The lowest BCUT2D eigenvalue weighted by atomic mass is 10.3. The van der Waals surface area contributed by atoms with Gasteiger partial charge in [0.2, 0.25) is 11.9 Å². The number of hydrogen-bond acceptors (Lipinski definition) is 3. The number of halogens is 1. The molecule has 0 unspecified atom stereocenters. The van der Waals surface area contributed by atoms with Crippen LogP contribution < -0.4 is 11.1 Å². The van der Waals surface area contributed by atoms with E-state index in [4.69, 9.17) is 17.3 Å². The van der Waals surface area contributed by atoms with Gasteiger partial charge in [0.15, 0.2) is 0 Å². The monoisotopic (exact) mass is 278 g/mol. The van der Waals surface area contributed by atoms with E-state index in [0.717, 1.165) is 23.9 Å². The molecule has 0 aliphatic heterocycles. The zero-order valence-corrected chi connectivity index (χ0v) is 11.2. The van der Waals surface area contributed by atoms with Crippen LogP contribution in [0.4, 0.5) is 5.95 Å². The summed E-state index contributed by atoms with van der Waals surface area (Å²) >= 11 is 5.98. The number of rotatable bonds is 4. The lowest BCUT2D eigenvalue weighted by molar-refractivity contribution is -0.122. The first-order chi connectivity index (χ1) is 9.15. The molecule has 1 aliphatic rings. The topological polar surface area (TPSA) is 72.9 Å². The first-order valence-electron chi connectivity index (χ1n) is 6.34. The van der Waals surface area contributed by atoms with E-state index in [9.17, 15) is 4.79 Å². The van der Waals surface area contributed by atoms with Crippen LogP contribution in [0.5, 0.6) is 0 Å². The first-order valence-corrected chi connectivity index (χ1v) is 6.72. The summed E-state index contributed by atoms with van der Waals surface area (Å²) in [6.07, 6.45) is 2.02. The zero-order chi connectivity index (χ0) is 13.4. The fourth-order valence-corrected chi connectivity index (χ4v) is 2.30. The minimum atomic E-state index is 0.140. The smallest absolute Gasteiger partial charge is 0.223 e. The Labute approximate surface area is 115 Å². The van der Waals surface area contributed by atoms with Gasteiger partial charge in [-0.05, 0) is 31.0 Å². The molecule has 0 bridgehead atoms. The number of fused-ring (bicyclic) bond motifs is 1. The maximum atomic E-state index is 11.5. The van der Waals surface area contributed by atoms with Gasteiger partial charge < -0.3 is 15.6 Å². The second kappa shape index (κ2) is 4.74. The Morgan fingerprint density at radius 3 is 3.05 bits per heavy atom. The van der Waals surface area contributed by atoms with Gasteiger partial charge in [-0.2, -0.15) is 0 Å². The van der Waals surface area contributed by atoms with Crippen molar-refractivity contribution >= 4 is 34.5 Å². The number of benzene rings is 1. The molecule has 1 fully saturated rings. The van der Waals surface area contributed by atoms with Crippen LogP contribution in [0, 0.1) is 5.92 Å². The summed E-state index contributed by atoms with van der Waals surface area (Å²) in [5.74, 6) is 0.810. The Morgan fingerprint density at radius 2 is 2.32 bits per heavy atom. The van der Waals surface area contributed by atoms with Gasteiger partial charge in [0.05, 0.1) is 11.0 Å². The highest BCUT2D eigenvalue weighted by atomic mass is 35.5. The van der Waals surface area contributed by atoms with Crippen LogP contribution in [0.15, 0.2) is 18.2 Å². The number of nitrogens with one attached hydrogen (secondary N) is 1. The Kier molecular flexibility index (Phi) is 3.06. The summed E-state index contributed by atoms with van der Waals surface area (Å²) < 4.78 is 1.87. The Bertz CT molecular complexity index is 633. The number of carbonyl (C=O) groups excluding carboxylic acids is 1. The maximum absolute atomic E-state index is 11.5. The van der Waals surface area contributed by atoms with Gasteiger partial charge in [-0.3, -0.25) is 4.79 Å². The number of nitrogens with two attached hydrogens (primary N) is 1. The molecule has 100 valence electrons. The standard InChI is InChI=1S/C13H15ClN4O/c14-9-3-4-10-11(7-9)18(13(15)17-10)6-5-16-12(19)8-1-2-8/h3-4,7-8H,1-2,5-6H2,(H2,15,17)(H,16,19). The summed E-state index contributed by atoms with van der Waals surface area (Å²) in [6.45, 7) is 1.15. The molecule has 2 aromatic rings. The van der Waals surface area contributed by atoms with Crippen molar-refractivity contribution in [3.8, 4) is 0 Å². The molecule has 19 heavy (non-hydrogen) atoms. The van der Waals surface area contributed by atoms with E-state index in [2.05, 4.69) is 10.3 Å². The summed E-state index contributed by atoms with van der Waals surface area (Å²) in [7, 11) is 0. The quantitative estimate of drug-likeness (QED) is 0.896. The van der Waals surface area contributed by atoms with Gasteiger partial charge in [0.25, 0.3) is 0 Å². The second-order valence-electron chi connectivity index (χ2n) is 4.82. The predicted molar refractivity (Wildman–Crippen MR) is 74.9 cm³/mol. The number of nitrogens with zero attached hydrogens (tertiary/aromatic N) is 2. The Hall–Kier alpha value is -1.75. The van der Waals surface area contributed by atoms with Crippen molar-refractivity contribution in [2.45, 2.75) is 19.4 Å². The van der Waals surface area contributed by atoms with Crippen LogP contribution in [0.1, 0.15) is 12.8 Å². The molecule has 1 aliphatic carbocycles. The van der Waals surface area contributed by atoms with Crippen LogP contribution in [0.3, 0.4) is 0 Å². The predicted octanol–water partition coefficient (Wildman–Crippen LogP) is 1.80. The van der Waals surface area contributed by atoms with Gasteiger partial charge in [0, 0.05) is 24.0 Å². The van der Waals surface area contributed by atoms with Crippen molar-refractivity contribution < 1.29 is 4.79 Å². The van der Waals surface area contributed by atoms with Crippen LogP contribution in [-0.4, -0.2) is 22.0 Å². The summed E-state index contributed by atoms with van der Waals surface area (Å²) in [5, 5.41) is 3.56. The number of anilines is 1. The molecule has 5 nitrogen and oxygen atoms in total. The number of nitrogen functional groups attached to an aromatic ring is 1. The highest BCUT2D eigenvalue weighted by molar-refractivity contribution is 6.31. The van der Waals surface area contributed by atoms with Gasteiger partial charge in [-0.15, -0.1) is 0 Å². The molecular weight excluding hydrogens is 264 g/mol. The molecule has 1 aromatic carbocycles. The van der Waals surface area contributed by atoms with Crippen molar-refractivity contribution in [1.29, 1.82) is 0 Å². The van der Waals surface area contributed by atoms with E-state index in [1.54, 1.807) is 6.07 Å². The van der Waals surface area contributed by atoms with E-state index in [1.807, 2.05) is 16.7 Å². The average Bonchev–Trinajstić information content (AvgIpc) is 3.17. The molecule has 3 rings (SSSR count). The van der Waals surface area contributed by atoms with Crippen LogP contribution in [0.25, 0.3) is 11.0 Å². The maximum Gasteiger partial charge on any atom is 0.223 e. The SMILES string of the molecule is Nc1nc2ccc(Cl)cc2n1CCNC(=O)C1CC1. The minimum absolute atomic E-state index is 0.140. The summed E-state index contributed by atoms with van der Waals surface area (Å²) in [5.41, 5.74) is 7.60. The summed E-state index contributed by atoms with van der Waals surface area (Å²) in [6, 6.07) is 5.46. The van der Waals surface area contributed by atoms with Gasteiger partial charge >= 0.3 is 0 Å². The second-order valence-corrected chi connectivity index (χ2v) is 5.26. The van der Waals surface area contributed by atoms with Crippen LogP contribution in [-0.2, 0) is 11.3 Å². The number of hydrogen-bond donors (Lipinski definition) is 2. The average molecular weight is 279 g/mol. The highest BCUT2D eigenvalue weighted by Gasteiger charge is 2.29. The van der Waals surface area contributed by atoms with Crippen LogP contribution in [0.2, 0.25) is 5.02 Å². The fraction of sp³-hybridized carbons (Fsp3) is 0.385. The number of carbonyl (C=O) groups is 1. The molecule has 0 spiro atoms. The Balaban J connectivity index is 1.74. The van der Waals surface area contributed by atoms with Crippen molar-refractivity contribution in [3.63, 3.8) is 0 Å². The first kappa shape index (κ1) is 12.3. The van der Waals surface area contributed by atoms with E-state index >= 15 is 0 Å². The zero-order valence-electron chi connectivity index (χ0n) is 10.4. The third-order valence-electron chi connectivity index (χ3n) is 3.32. The van der Waals surface area contributed by atoms with Crippen LogP contribution >= 0.6 is 11.6 Å². The van der Waals surface area contributed by atoms with Gasteiger partial charge in [-0.1, -0.05) is 11.6 Å². The van der Waals surface area contributed by atoms with Crippen molar-refractivity contribution in [3.05, 3.63) is 23.2 Å². The molecule has 3 N–H and O–H groups in total. The van der Waals surface area contributed by atoms with Gasteiger partial charge in [-0.25, -0.2) is 4.98 Å².